The van der Waals surface area contributed by atoms with Gasteiger partial charge in [-0.3, -0.25) is 4.79 Å². The Morgan fingerprint density at radius 1 is 1.32 bits per heavy atom. The Hall–Kier alpha value is -0.410. The summed E-state index contributed by atoms with van der Waals surface area (Å²) in [5, 5.41) is 10.8. The van der Waals surface area contributed by atoms with Gasteiger partial charge in [0.2, 0.25) is 0 Å². The molecule has 0 aromatic heterocycles. The first-order chi connectivity index (χ1) is 8.98. The lowest BCUT2D eigenvalue weighted by molar-refractivity contribution is -0.140. The van der Waals surface area contributed by atoms with Crippen molar-refractivity contribution in [2.24, 2.45) is 16.7 Å². The highest BCUT2D eigenvalue weighted by atomic mass is 16.3. The summed E-state index contributed by atoms with van der Waals surface area (Å²) in [6.07, 6.45) is 6.03. The zero-order chi connectivity index (χ0) is 13.7. The number of aliphatic hydroxyl groups is 1. The molecule has 0 unspecified atom stereocenters. The Bertz CT molecular complexity index is 373. The van der Waals surface area contributed by atoms with Crippen molar-refractivity contribution in [1.82, 2.24) is 4.90 Å². The van der Waals surface area contributed by atoms with Gasteiger partial charge in [-0.15, -0.1) is 0 Å². The summed E-state index contributed by atoms with van der Waals surface area (Å²) in [5.74, 6) is 0.828. The normalized spacial score (nSPS) is 39.7. The van der Waals surface area contributed by atoms with Gasteiger partial charge in [0.1, 0.15) is 5.78 Å². The van der Waals surface area contributed by atoms with Crippen molar-refractivity contribution in [3.05, 3.63) is 0 Å². The predicted molar refractivity (Wildman–Crippen MR) is 74.9 cm³/mol. The fourth-order valence-corrected chi connectivity index (χ4v) is 5.04. The number of β-amino-alcohol motifs (C(OH)–C–C–N with tert-alkyl or cyclic N) is 1. The second kappa shape index (κ2) is 4.56. The number of aliphatic hydroxyl groups excluding tert-OH is 1. The molecule has 0 aromatic rings. The molecule has 3 aliphatic rings. The van der Waals surface area contributed by atoms with Crippen LogP contribution in [-0.2, 0) is 4.79 Å². The molecule has 0 radical (unpaired) electrons. The molecule has 3 atom stereocenters. The van der Waals surface area contributed by atoms with Crippen molar-refractivity contribution in [3.63, 3.8) is 0 Å². The van der Waals surface area contributed by atoms with Crippen LogP contribution in [0.5, 0.6) is 0 Å². The maximum absolute atomic E-state index is 12.5. The number of carbonyl (C=O) groups excluding carboxylic acids is 1. The van der Waals surface area contributed by atoms with Crippen molar-refractivity contribution in [1.29, 1.82) is 0 Å². The van der Waals surface area contributed by atoms with Gasteiger partial charge in [-0.25, -0.2) is 0 Å². The molecule has 3 fully saturated rings. The molecular formula is C16H27NO2. The summed E-state index contributed by atoms with van der Waals surface area (Å²) in [6, 6.07) is 0. The minimum Gasteiger partial charge on any atom is -0.391 e. The summed E-state index contributed by atoms with van der Waals surface area (Å²) >= 11 is 0. The van der Waals surface area contributed by atoms with Crippen molar-refractivity contribution in [2.75, 3.05) is 19.6 Å². The van der Waals surface area contributed by atoms with Crippen LogP contribution in [0.3, 0.4) is 0 Å². The molecule has 2 bridgehead atoms. The average molecular weight is 265 g/mol. The number of hydrogen-bond acceptors (Lipinski definition) is 3. The third-order valence-corrected chi connectivity index (χ3v) is 6.44. The second-order valence-electron chi connectivity index (χ2n) is 7.43. The van der Waals surface area contributed by atoms with E-state index in [-0.39, 0.29) is 5.41 Å². The molecule has 108 valence electrons. The third-order valence-electron chi connectivity index (χ3n) is 6.44. The number of Topliss-reactive ketones (excluding diaryl/α,β-unsaturated/α-hetero) is 1. The van der Waals surface area contributed by atoms with Gasteiger partial charge in [0.15, 0.2) is 0 Å². The summed E-state index contributed by atoms with van der Waals surface area (Å²) in [6.45, 7) is 7.28. The summed E-state index contributed by atoms with van der Waals surface area (Å²) in [4.78, 5) is 14.8. The van der Waals surface area contributed by atoms with Crippen LogP contribution in [0.25, 0.3) is 0 Å². The molecule has 0 spiro atoms. The average Bonchev–Trinajstić information content (AvgIpc) is 2.74. The molecule has 0 amide bonds. The third kappa shape index (κ3) is 1.81. The van der Waals surface area contributed by atoms with Crippen LogP contribution in [0, 0.1) is 16.7 Å². The minimum atomic E-state index is -0.472. The topological polar surface area (TPSA) is 40.5 Å². The Balaban J connectivity index is 1.77. The maximum Gasteiger partial charge on any atom is 0.142 e. The zero-order valence-corrected chi connectivity index (χ0v) is 12.3. The SMILES string of the molecule is CC1(C)[C@@H]2CC[C@@]1([C@@H](O)CN1CCCCC1)C(=O)C2. The first-order valence-electron chi connectivity index (χ1n) is 7.92. The van der Waals surface area contributed by atoms with Gasteiger partial charge in [0.05, 0.1) is 11.5 Å². The highest BCUT2D eigenvalue weighted by Crippen LogP contribution is 2.65. The largest absolute Gasteiger partial charge is 0.391 e. The van der Waals surface area contributed by atoms with Gasteiger partial charge in [-0.2, -0.15) is 0 Å². The molecule has 3 rings (SSSR count). The lowest BCUT2D eigenvalue weighted by Crippen LogP contribution is -2.51. The molecule has 0 aromatic carbocycles. The highest BCUT2D eigenvalue weighted by Gasteiger charge is 2.67. The van der Waals surface area contributed by atoms with E-state index in [1.54, 1.807) is 0 Å². The van der Waals surface area contributed by atoms with E-state index in [0.717, 1.165) is 25.9 Å². The van der Waals surface area contributed by atoms with Crippen LogP contribution < -0.4 is 0 Å². The van der Waals surface area contributed by atoms with E-state index in [4.69, 9.17) is 0 Å². The van der Waals surface area contributed by atoms with E-state index in [1.807, 2.05) is 0 Å². The summed E-state index contributed by atoms with van der Waals surface area (Å²) < 4.78 is 0. The Labute approximate surface area is 116 Å². The molecule has 1 N–H and O–H groups in total. The number of piperidine rings is 1. The van der Waals surface area contributed by atoms with E-state index in [2.05, 4.69) is 18.7 Å². The number of carbonyl (C=O) groups is 1. The Kier molecular flexibility index (Phi) is 3.25. The number of nitrogens with zero attached hydrogens (tertiary/aromatic N) is 1. The fraction of sp³-hybridized carbons (Fsp3) is 0.938. The van der Waals surface area contributed by atoms with Crippen LogP contribution in [0.4, 0.5) is 0 Å². The van der Waals surface area contributed by atoms with Gasteiger partial charge in [-0.1, -0.05) is 20.3 Å². The predicted octanol–water partition coefficient (Wildman–Crippen LogP) is 2.23. The van der Waals surface area contributed by atoms with Crippen LogP contribution in [-0.4, -0.2) is 41.5 Å². The van der Waals surface area contributed by atoms with Crippen LogP contribution >= 0.6 is 0 Å². The molecule has 3 nitrogen and oxygen atoms in total. The fourth-order valence-electron chi connectivity index (χ4n) is 5.04. The number of likely N-dealkylation sites (tertiary alicyclic amines) is 1. The standard InChI is InChI=1S/C16H27NO2/c1-15(2)12-6-7-16(15,13(18)10-12)14(19)11-17-8-4-3-5-9-17/h12,14,19H,3-11H2,1-2H3/t12-,14+,16+/m1/s1. The minimum absolute atomic E-state index is 0.0146. The van der Waals surface area contributed by atoms with E-state index in [1.165, 1.54) is 19.3 Å². The van der Waals surface area contributed by atoms with E-state index >= 15 is 0 Å². The monoisotopic (exact) mass is 265 g/mol. The molecule has 1 saturated heterocycles. The van der Waals surface area contributed by atoms with Gasteiger partial charge < -0.3 is 10.0 Å². The molecular weight excluding hydrogens is 238 g/mol. The number of ketones is 1. The number of fused-ring (bicyclic) bond motifs is 2. The van der Waals surface area contributed by atoms with E-state index in [9.17, 15) is 9.90 Å². The lowest BCUT2D eigenvalue weighted by Gasteiger charge is -2.42. The van der Waals surface area contributed by atoms with Crippen LogP contribution in [0.2, 0.25) is 0 Å². The quantitative estimate of drug-likeness (QED) is 0.850. The summed E-state index contributed by atoms with van der Waals surface area (Å²) in [7, 11) is 0. The van der Waals surface area contributed by atoms with Gasteiger partial charge >= 0.3 is 0 Å². The van der Waals surface area contributed by atoms with Crippen LogP contribution in [0.1, 0.15) is 52.4 Å². The van der Waals surface area contributed by atoms with E-state index in [0.29, 0.717) is 24.7 Å². The van der Waals surface area contributed by atoms with Crippen molar-refractivity contribution in [2.45, 2.75) is 58.5 Å². The Morgan fingerprint density at radius 2 is 2.00 bits per heavy atom. The molecule has 19 heavy (non-hydrogen) atoms. The molecule has 3 heteroatoms. The number of hydrogen-bond donors (Lipinski definition) is 1. The summed E-state index contributed by atoms with van der Waals surface area (Å²) in [5.41, 5.74) is -0.464. The molecule has 2 aliphatic carbocycles. The number of rotatable bonds is 3. The van der Waals surface area contributed by atoms with Gasteiger partial charge in [0, 0.05) is 13.0 Å². The first kappa shape index (κ1) is 13.6. The van der Waals surface area contributed by atoms with Gasteiger partial charge in [0.25, 0.3) is 0 Å². The van der Waals surface area contributed by atoms with Crippen molar-refractivity contribution in [3.8, 4) is 0 Å². The van der Waals surface area contributed by atoms with E-state index < -0.39 is 11.5 Å². The smallest absolute Gasteiger partial charge is 0.142 e. The van der Waals surface area contributed by atoms with Crippen molar-refractivity contribution >= 4 is 5.78 Å². The van der Waals surface area contributed by atoms with Crippen LogP contribution in [0.15, 0.2) is 0 Å². The second-order valence-corrected chi connectivity index (χ2v) is 7.43. The Morgan fingerprint density at radius 3 is 2.53 bits per heavy atom. The molecule has 1 heterocycles. The molecule has 1 aliphatic heterocycles. The molecule has 2 saturated carbocycles. The zero-order valence-electron chi connectivity index (χ0n) is 12.3. The highest BCUT2D eigenvalue weighted by molar-refractivity contribution is 5.90. The first-order valence-corrected chi connectivity index (χ1v) is 7.92. The lowest BCUT2D eigenvalue weighted by atomic mass is 9.65. The van der Waals surface area contributed by atoms with Crippen molar-refractivity contribution < 1.29 is 9.90 Å². The maximum atomic E-state index is 12.5. The van der Waals surface area contributed by atoms with Gasteiger partial charge in [-0.05, 0) is 50.1 Å².